The summed E-state index contributed by atoms with van der Waals surface area (Å²) in [7, 11) is 1.95. The van der Waals surface area contributed by atoms with Crippen LogP contribution in [0.4, 0.5) is 0 Å². The predicted octanol–water partition coefficient (Wildman–Crippen LogP) is 2.06. The summed E-state index contributed by atoms with van der Waals surface area (Å²) in [5.74, 6) is 0.962. The molecular formula is C11H12IN3OS. The van der Waals surface area contributed by atoms with Crippen LogP contribution in [0.2, 0.25) is 0 Å². The van der Waals surface area contributed by atoms with Gasteiger partial charge in [0.2, 0.25) is 0 Å². The van der Waals surface area contributed by atoms with Gasteiger partial charge in [0.25, 0.3) is 5.91 Å². The van der Waals surface area contributed by atoms with Gasteiger partial charge in [-0.1, -0.05) is 0 Å². The number of halogens is 1. The standard InChI is InChI=1S/C11H12IN3OS/c1-15-5-4-13-10(15)2-3-14-11(16)8-6-9(12)17-7-8/h4-7H,2-3H2,1H3,(H,14,16). The van der Waals surface area contributed by atoms with Crippen molar-refractivity contribution in [2.45, 2.75) is 6.42 Å². The van der Waals surface area contributed by atoms with Crippen LogP contribution in [0.25, 0.3) is 0 Å². The first kappa shape index (κ1) is 12.6. The fourth-order valence-electron chi connectivity index (χ4n) is 1.46. The molecule has 0 radical (unpaired) electrons. The van der Waals surface area contributed by atoms with Crippen molar-refractivity contribution in [3.8, 4) is 0 Å². The van der Waals surface area contributed by atoms with Crippen LogP contribution < -0.4 is 5.32 Å². The third-order valence-electron chi connectivity index (χ3n) is 2.38. The number of nitrogens with one attached hydrogen (secondary N) is 1. The Morgan fingerprint density at radius 3 is 3.06 bits per heavy atom. The molecule has 0 atom stereocenters. The lowest BCUT2D eigenvalue weighted by Gasteiger charge is -2.03. The highest BCUT2D eigenvalue weighted by molar-refractivity contribution is 14.1. The van der Waals surface area contributed by atoms with E-state index in [2.05, 4.69) is 32.9 Å². The molecule has 0 aliphatic rings. The topological polar surface area (TPSA) is 46.9 Å². The summed E-state index contributed by atoms with van der Waals surface area (Å²) in [6.07, 6.45) is 4.41. The summed E-state index contributed by atoms with van der Waals surface area (Å²) in [5, 5.41) is 4.76. The first-order valence-corrected chi connectivity index (χ1v) is 7.11. The highest BCUT2D eigenvalue weighted by Gasteiger charge is 2.07. The Labute approximate surface area is 117 Å². The van der Waals surface area contributed by atoms with Gasteiger partial charge in [0.15, 0.2) is 0 Å². The van der Waals surface area contributed by atoms with Crippen LogP contribution in [0.15, 0.2) is 23.8 Å². The summed E-state index contributed by atoms with van der Waals surface area (Å²) in [6.45, 7) is 0.607. The molecule has 1 N–H and O–H groups in total. The summed E-state index contributed by atoms with van der Waals surface area (Å²) in [6, 6.07) is 1.89. The summed E-state index contributed by atoms with van der Waals surface area (Å²) in [4.78, 5) is 15.9. The molecule has 90 valence electrons. The second-order valence-corrected chi connectivity index (χ2v) is 6.41. The van der Waals surface area contributed by atoms with Crippen LogP contribution >= 0.6 is 33.9 Å². The molecule has 0 bridgehead atoms. The van der Waals surface area contributed by atoms with E-state index in [0.29, 0.717) is 6.54 Å². The highest BCUT2D eigenvalue weighted by Crippen LogP contribution is 2.16. The van der Waals surface area contributed by atoms with Crippen LogP contribution in [0.1, 0.15) is 16.2 Å². The molecule has 2 aromatic rings. The molecule has 6 heteroatoms. The van der Waals surface area contributed by atoms with Crippen molar-refractivity contribution >= 4 is 39.8 Å². The zero-order valence-electron chi connectivity index (χ0n) is 9.31. The molecule has 2 rings (SSSR count). The Morgan fingerprint density at radius 1 is 1.65 bits per heavy atom. The Kier molecular flexibility index (Phi) is 4.16. The third-order valence-corrected chi connectivity index (χ3v) is 4.17. The van der Waals surface area contributed by atoms with Crippen molar-refractivity contribution < 1.29 is 4.79 Å². The van der Waals surface area contributed by atoms with Crippen LogP contribution in [-0.4, -0.2) is 22.0 Å². The van der Waals surface area contributed by atoms with Crippen LogP contribution in [-0.2, 0) is 13.5 Å². The zero-order chi connectivity index (χ0) is 12.3. The number of thiophene rings is 1. The average Bonchev–Trinajstić information content (AvgIpc) is 2.88. The number of carbonyl (C=O) groups excluding carboxylic acids is 1. The van der Waals surface area contributed by atoms with Gasteiger partial charge < -0.3 is 9.88 Å². The quantitative estimate of drug-likeness (QED) is 0.848. The molecule has 4 nitrogen and oxygen atoms in total. The number of rotatable bonds is 4. The van der Waals surface area contributed by atoms with Crippen molar-refractivity contribution in [1.29, 1.82) is 0 Å². The lowest BCUT2D eigenvalue weighted by Crippen LogP contribution is -2.25. The van der Waals surface area contributed by atoms with Crippen LogP contribution in [0.3, 0.4) is 0 Å². The smallest absolute Gasteiger partial charge is 0.252 e. The Morgan fingerprint density at radius 2 is 2.47 bits per heavy atom. The normalized spacial score (nSPS) is 10.5. The summed E-state index contributed by atoms with van der Waals surface area (Å²) in [5.41, 5.74) is 0.735. The maximum Gasteiger partial charge on any atom is 0.252 e. The summed E-state index contributed by atoms with van der Waals surface area (Å²) < 4.78 is 3.08. The monoisotopic (exact) mass is 361 g/mol. The maximum atomic E-state index is 11.7. The zero-order valence-corrected chi connectivity index (χ0v) is 12.3. The van der Waals surface area contributed by atoms with E-state index in [1.165, 1.54) is 0 Å². The SMILES string of the molecule is Cn1ccnc1CCNC(=O)c1csc(I)c1. The minimum Gasteiger partial charge on any atom is -0.352 e. The fraction of sp³-hybridized carbons (Fsp3) is 0.273. The van der Waals surface area contributed by atoms with Gasteiger partial charge in [0.05, 0.1) is 8.45 Å². The van der Waals surface area contributed by atoms with Crippen LogP contribution in [0.5, 0.6) is 0 Å². The van der Waals surface area contributed by atoms with Gasteiger partial charge in [-0.15, -0.1) is 11.3 Å². The molecule has 0 unspecified atom stereocenters. The number of carbonyl (C=O) groups is 1. The van der Waals surface area contributed by atoms with E-state index < -0.39 is 0 Å². The lowest BCUT2D eigenvalue weighted by molar-refractivity contribution is 0.0954. The van der Waals surface area contributed by atoms with E-state index in [9.17, 15) is 4.79 Å². The second-order valence-electron chi connectivity index (χ2n) is 3.60. The van der Waals surface area contributed by atoms with Gasteiger partial charge in [-0.05, 0) is 28.7 Å². The Balaban J connectivity index is 1.83. The molecule has 1 amide bonds. The van der Waals surface area contributed by atoms with Crippen molar-refractivity contribution in [3.63, 3.8) is 0 Å². The maximum absolute atomic E-state index is 11.7. The molecule has 0 aliphatic heterocycles. The molecule has 2 heterocycles. The molecule has 0 spiro atoms. The van der Waals surface area contributed by atoms with E-state index in [-0.39, 0.29) is 5.91 Å². The molecule has 0 aromatic carbocycles. The highest BCUT2D eigenvalue weighted by atomic mass is 127. The van der Waals surface area contributed by atoms with Gasteiger partial charge in [0.1, 0.15) is 5.82 Å². The van der Waals surface area contributed by atoms with Gasteiger partial charge >= 0.3 is 0 Å². The fourth-order valence-corrected chi connectivity index (χ4v) is 2.78. The molecule has 17 heavy (non-hydrogen) atoms. The third kappa shape index (κ3) is 3.29. The van der Waals surface area contributed by atoms with E-state index in [0.717, 1.165) is 20.7 Å². The number of amides is 1. The predicted molar refractivity (Wildman–Crippen MR) is 76.3 cm³/mol. The molecule has 2 aromatic heterocycles. The number of hydrogen-bond acceptors (Lipinski definition) is 3. The number of nitrogens with zero attached hydrogens (tertiary/aromatic N) is 2. The number of hydrogen-bond donors (Lipinski definition) is 1. The van der Waals surface area contributed by atoms with E-state index in [1.54, 1.807) is 17.5 Å². The number of aryl methyl sites for hydroxylation is 1. The minimum atomic E-state index is -0.0154. The molecule has 0 aliphatic carbocycles. The Hall–Kier alpha value is -0.890. The Bertz CT molecular complexity index is 520. The first-order valence-electron chi connectivity index (χ1n) is 5.15. The van der Waals surface area contributed by atoms with Crippen LogP contribution in [0, 0.1) is 2.88 Å². The first-order chi connectivity index (χ1) is 8.16. The minimum absolute atomic E-state index is 0.0154. The van der Waals surface area contributed by atoms with E-state index in [4.69, 9.17) is 0 Å². The largest absolute Gasteiger partial charge is 0.352 e. The van der Waals surface area contributed by atoms with Crippen molar-refractivity contribution in [2.75, 3.05) is 6.54 Å². The van der Waals surface area contributed by atoms with E-state index >= 15 is 0 Å². The van der Waals surface area contributed by atoms with Gasteiger partial charge in [-0.25, -0.2) is 4.98 Å². The second kappa shape index (κ2) is 5.63. The van der Waals surface area contributed by atoms with Gasteiger partial charge in [-0.2, -0.15) is 0 Å². The number of imidazole rings is 1. The molecule has 0 saturated carbocycles. The molecule has 0 saturated heterocycles. The molecular weight excluding hydrogens is 349 g/mol. The van der Waals surface area contributed by atoms with Crippen molar-refractivity contribution in [3.05, 3.63) is 38.1 Å². The average molecular weight is 361 g/mol. The summed E-state index contributed by atoms with van der Waals surface area (Å²) >= 11 is 3.79. The van der Waals surface area contributed by atoms with Gasteiger partial charge in [-0.3, -0.25) is 4.79 Å². The van der Waals surface area contributed by atoms with Crippen molar-refractivity contribution in [1.82, 2.24) is 14.9 Å². The lowest BCUT2D eigenvalue weighted by atomic mass is 10.3. The molecule has 0 fully saturated rings. The van der Waals surface area contributed by atoms with E-state index in [1.807, 2.05) is 29.3 Å². The van der Waals surface area contributed by atoms with Crippen molar-refractivity contribution in [2.24, 2.45) is 7.05 Å². The number of aromatic nitrogens is 2. The van der Waals surface area contributed by atoms with Gasteiger partial charge in [0, 0.05) is 37.8 Å².